The number of amides is 1. The molecule has 0 saturated heterocycles. The lowest BCUT2D eigenvalue weighted by atomic mass is 10.1. The molecule has 0 aliphatic carbocycles. The third kappa shape index (κ3) is 3.42. The minimum absolute atomic E-state index is 0.295. The van der Waals surface area contributed by atoms with Crippen molar-refractivity contribution in [3.05, 3.63) is 48.3 Å². The van der Waals surface area contributed by atoms with Crippen LogP contribution in [0.15, 0.2) is 42.7 Å². The number of aliphatic hydroxyl groups excluding tert-OH is 1. The third-order valence-corrected chi connectivity index (χ3v) is 2.56. The zero-order chi connectivity index (χ0) is 14.5. The summed E-state index contributed by atoms with van der Waals surface area (Å²) in [5.41, 5.74) is 0.800. The molecule has 104 valence electrons. The van der Waals surface area contributed by atoms with Crippen molar-refractivity contribution < 1.29 is 19.8 Å². The Labute approximate surface area is 114 Å². The molecule has 3 N–H and O–H groups in total. The van der Waals surface area contributed by atoms with E-state index in [-0.39, 0.29) is 6.54 Å². The Bertz CT molecular complexity index is 609. The van der Waals surface area contributed by atoms with Gasteiger partial charge in [0.15, 0.2) is 6.10 Å². The van der Waals surface area contributed by atoms with Gasteiger partial charge in [-0.15, -0.1) is 0 Å². The molecule has 1 aromatic carbocycles. The van der Waals surface area contributed by atoms with E-state index in [2.05, 4.69) is 10.4 Å². The number of aliphatic carboxylic acids is 1. The van der Waals surface area contributed by atoms with Gasteiger partial charge in [-0.3, -0.25) is 14.3 Å². The molecule has 0 fully saturated rings. The third-order valence-electron chi connectivity index (χ3n) is 2.56. The van der Waals surface area contributed by atoms with Gasteiger partial charge < -0.3 is 15.5 Å². The second-order valence-electron chi connectivity index (χ2n) is 4.12. The van der Waals surface area contributed by atoms with Crippen molar-refractivity contribution in [2.75, 3.05) is 5.32 Å². The smallest absolute Gasteiger partial charge is 0.325 e. The van der Waals surface area contributed by atoms with E-state index in [1.807, 2.05) is 0 Å². The van der Waals surface area contributed by atoms with Gasteiger partial charge in [0, 0.05) is 6.20 Å². The van der Waals surface area contributed by atoms with Gasteiger partial charge in [0.25, 0.3) is 5.91 Å². The molecule has 0 aliphatic rings. The Kier molecular flexibility index (Phi) is 4.11. The molecular weight excluding hydrogens is 262 g/mol. The first-order chi connectivity index (χ1) is 9.56. The van der Waals surface area contributed by atoms with Crippen LogP contribution in [-0.4, -0.2) is 31.9 Å². The van der Waals surface area contributed by atoms with E-state index in [1.54, 1.807) is 30.3 Å². The maximum atomic E-state index is 11.8. The van der Waals surface area contributed by atoms with Crippen molar-refractivity contribution in [1.29, 1.82) is 0 Å². The first kappa shape index (κ1) is 13.8. The number of rotatable bonds is 5. The van der Waals surface area contributed by atoms with Crippen LogP contribution in [0.3, 0.4) is 0 Å². The van der Waals surface area contributed by atoms with Crippen molar-refractivity contribution >= 4 is 17.6 Å². The summed E-state index contributed by atoms with van der Waals surface area (Å²) >= 11 is 0. The summed E-state index contributed by atoms with van der Waals surface area (Å²) in [6.45, 7) is -0.295. The SMILES string of the molecule is O=C(O)Cn1cc(NC(=O)C(O)c2ccccc2)cn1. The number of carbonyl (C=O) groups excluding carboxylic acids is 1. The highest BCUT2D eigenvalue weighted by atomic mass is 16.4. The quantitative estimate of drug-likeness (QED) is 0.742. The Morgan fingerprint density at radius 2 is 2.00 bits per heavy atom. The van der Waals surface area contributed by atoms with Gasteiger partial charge in [-0.05, 0) is 5.56 Å². The highest BCUT2D eigenvalue weighted by Gasteiger charge is 2.17. The lowest BCUT2D eigenvalue weighted by Crippen LogP contribution is -2.20. The number of benzene rings is 1. The number of anilines is 1. The van der Waals surface area contributed by atoms with E-state index in [1.165, 1.54) is 17.1 Å². The first-order valence-electron chi connectivity index (χ1n) is 5.84. The van der Waals surface area contributed by atoms with Crippen LogP contribution < -0.4 is 5.32 Å². The summed E-state index contributed by atoms with van der Waals surface area (Å²) in [5.74, 6) is -1.64. The number of carboxylic acid groups (broad SMARTS) is 1. The number of hydrogen-bond donors (Lipinski definition) is 3. The topological polar surface area (TPSA) is 104 Å². The van der Waals surface area contributed by atoms with Crippen LogP contribution in [0, 0.1) is 0 Å². The van der Waals surface area contributed by atoms with Crippen LogP contribution in [0.5, 0.6) is 0 Å². The maximum absolute atomic E-state index is 11.8. The fraction of sp³-hybridized carbons (Fsp3) is 0.154. The Morgan fingerprint density at radius 1 is 1.30 bits per heavy atom. The fourth-order valence-electron chi connectivity index (χ4n) is 1.65. The summed E-state index contributed by atoms with van der Waals surface area (Å²) < 4.78 is 1.17. The van der Waals surface area contributed by atoms with Gasteiger partial charge >= 0.3 is 5.97 Å². The number of hydrogen-bond acceptors (Lipinski definition) is 4. The van der Waals surface area contributed by atoms with Crippen LogP contribution in [0.1, 0.15) is 11.7 Å². The van der Waals surface area contributed by atoms with Gasteiger partial charge in [0.05, 0.1) is 11.9 Å². The van der Waals surface area contributed by atoms with Gasteiger partial charge in [-0.2, -0.15) is 5.10 Å². The molecule has 1 atom stereocenters. The molecular formula is C13H13N3O4. The normalized spacial score (nSPS) is 11.8. The molecule has 1 amide bonds. The van der Waals surface area contributed by atoms with E-state index in [9.17, 15) is 14.7 Å². The Hall–Kier alpha value is -2.67. The molecule has 0 bridgehead atoms. The summed E-state index contributed by atoms with van der Waals surface area (Å²) in [6.07, 6.45) is 1.40. The number of aliphatic hydroxyl groups is 1. The summed E-state index contributed by atoms with van der Waals surface area (Å²) in [4.78, 5) is 22.3. The minimum atomic E-state index is -1.29. The van der Waals surface area contributed by atoms with E-state index in [0.717, 1.165) is 0 Å². The van der Waals surface area contributed by atoms with Crippen molar-refractivity contribution in [1.82, 2.24) is 9.78 Å². The fourth-order valence-corrected chi connectivity index (χ4v) is 1.65. The van der Waals surface area contributed by atoms with Crippen LogP contribution in [0.4, 0.5) is 5.69 Å². The minimum Gasteiger partial charge on any atom is -0.480 e. The predicted molar refractivity (Wildman–Crippen MR) is 69.9 cm³/mol. The second kappa shape index (κ2) is 5.98. The number of nitrogens with zero attached hydrogens (tertiary/aromatic N) is 2. The molecule has 1 aromatic heterocycles. The number of aromatic nitrogens is 2. The van der Waals surface area contributed by atoms with Crippen LogP contribution in [0.2, 0.25) is 0 Å². The molecule has 1 unspecified atom stereocenters. The average Bonchev–Trinajstić information content (AvgIpc) is 2.85. The molecule has 20 heavy (non-hydrogen) atoms. The zero-order valence-electron chi connectivity index (χ0n) is 10.4. The predicted octanol–water partition coefficient (Wildman–Crippen LogP) is 0.640. The van der Waals surface area contributed by atoms with Crippen molar-refractivity contribution in [3.63, 3.8) is 0 Å². The van der Waals surface area contributed by atoms with E-state index < -0.39 is 18.0 Å². The number of carbonyl (C=O) groups is 2. The highest BCUT2D eigenvalue weighted by molar-refractivity contribution is 5.94. The highest BCUT2D eigenvalue weighted by Crippen LogP contribution is 2.15. The average molecular weight is 275 g/mol. The molecule has 7 nitrogen and oxygen atoms in total. The number of nitrogens with one attached hydrogen (secondary N) is 1. The summed E-state index contributed by atoms with van der Waals surface area (Å²) in [5, 5.41) is 24.7. The van der Waals surface area contributed by atoms with Gasteiger partial charge in [0.2, 0.25) is 0 Å². The molecule has 0 aliphatic heterocycles. The Morgan fingerprint density at radius 3 is 2.65 bits per heavy atom. The van der Waals surface area contributed by atoms with E-state index >= 15 is 0 Å². The molecule has 0 radical (unpaired) electrons. The molecule has 0 saturated carbocycles. The second-order valence-corrected chi connectivity index (χ2v) is 4.12. The molecule has 2 aromatic rings. The van der Waals surface area contributed by atoms with E-state index in [4.69, 9.17) is 5.11 Å². The number of carboxylic acids is 1. The summed E-state index contributed by atoms with van der Waals surface area (Å²) in [6, 6.07) is 8.49. The summed E-state index contributed by atoms with van der Waals surface area (Å²) in [7, 11) is 0. The van der Waals surface area contributed by atoms with Crippen LogP contribution >= 0.6 is 0 Å². The monoisotopic (exact) mass is 275 g/mol. The van der Waals surface area contributed by atoms with Crippen molar-refractivity contribution in [2.24, 2.45) is 0 Å². The largest absolute Gasteiger partial charge is 0.480 e. The van der Waals surface area contributed by atoms with Gasteiger partial charge in [-0.25, -0.2) is 0 Å². The van der Waals surface area contributed by atoms with Crippen LogP contribution in [-0.2, 0) is 16.1 Å². The molecule has 0 spiro atoms. The lowest BCUT2D eigenvalue weighted by Gasteiger charge is -2.10. The molecule has 2 rings (SSSR count). The van der Waals surface area contributed by atoms with Gasteiger partial charge in [-0.1, -0.05) is 30.3 Å². The molecule has 7 heteroatoms. The maximum Gasteiger partial charge on any atom is 0.325 e. The Balaban J connectivity index is 2.01. The van der Waals surface area contributed by atoms with E-state index in [0.29, 0.717) is 11.3 Å². The molecule has 1 heterocycles. The zero-order valence-corrected chi connectivity index (χ0v) is 10.4. The first-order valence-corrected chi connectivity index (χ1v) is 5.84. The van der Waals surface area contributed by atoms with Crippen LogP contribution in [0.25, 0.3) is 0 Å². The van der Waals surface area contributed by atoms with Gasteiger partial charge in [0.1, 0.15) is 6.54 Å². The van der Waals surface area contributed by atoms with Crippen molar-refractivity contribution in [2.45, 2.75) is 12.6 Å². The van der Waals surface area contributed by atoms with Crippen molar-refractivity contribution in [3.8, 4) is 0 Å². The lowest BCUT2D eigenvalue weighted by molar-refractivity contribution is -0.137. The standard InChI is InChI=1S/C13H13N3O4/c17-11(18)8-16-7-10(6-14-16)15-13(20)12(19)9-4-2-1-3-5-9/h1-7,12,19H,8H2,(H,15,20)(H,17,18).